The molecule has 0 saturated carbocycles. The highest BCUT2D eigenvalue weighted by Gasteiger charge is 2.30. The number of carbonyl (C=O) groups is 2. The normalized spacial score (nSPS) is 23.2. The third-order valence-corrected chi connectivity index (χ3v) is 5.78. The largest absolute Gasteiger partial charge is 0.372 e. The molecule has 2 aromatic carbocycles. The predicted molar refractivity (Wildman–Crippen MR) is 117 cm³/mol. The van der Waals surface area contributed by atoms with Crippen molar-refractivity contribution < 1.29 is 14.3 Å². The lowest BCUT2D eigenvalue weighted by atomic mass is 10.1. The molecule has 0 unspecified atom stereocenters. The zero-order chi connectivity index (χ0) is 21.3. The molecule has 30 heavy (non-hydrogen) atoms. The minimum atomic E-state index is -0.0936. The van der Waals surface area contributed by atoms with Crippen molar-refractivity contribution in [1.29, 1.82) is 0 Å². The first kappa shape index (κ1) is 20.4. The van der Waals surface area contributed by atoms with Crippen LogP contribution in [-0.2, 0) is 17.7 Å². The fourth-order valence-electron chi connectivity index (χ4n) is 4.43. The Morgan fingerprint density at radius 3 is 2.37 bits per heavy atom. The Balaban J connectivity index is 1.36. The van der Waals surface area contributed by atoms with Crippen molar-refractivity contribution in [1.82, 2.24) is 10.2 Å². The molecular weight excluding hydrogens is 378 g/mol. The second-order valence-corrected chi connectivity index (χ2v) is 8.37. The van der Waals surface area contributed by atoms with Crippen LogP contribution in [0.25, 0.3) is 0 Å². The van der Waals surface area contributed by atoms with Crippen LogP contribution in [0.15, 0.2) is 48.5 Å². The zero-order valence-corrected chi connectivity index (χ0v) is 17.8. The highest BCUT2D eigenvalue weighted by atomic mass is 16.5. The number of anilines is 1. The molecule has 1 N–H and O–H groups in total. The fraction of sp³-hybridized carbons (Fsp3) is 0.417. The molecule has 1 saturated heterocycles. The number of rotatable bonds is 3. The number of benzene rings is 2. The molecule has 6 nitrogen and oxygen atoms in total. The predicted octanol–water partition coefficient (Wildman–Crippen LogP) is 3.60. The summed E-state index contributed by atoms with van der Waals surface area (Å²) in [4.78, 5) is 29.2. The Labute approximate surface area is 177 Å². The topological polar surface area (TPSA) is 61.9 Å². The first-order chi connectivity index (χ1) is 14.4. The van der Waals surface area contributed by atoms with Gasteiger partial charge in [-0.25, -0.2) is 4.79 Å². The van der Waals surface area contributed by atoms with Gasteiger partial charge in [-0.05, 0) is 56.5 Å². The average molecular weight is 408 g/mol. The van der Waals surface area contributed by atoms with Gasteiger partial charge in [0.1, 0.15) is 0 Å². The van der Waals surface area contributed by atoms with Gasteiger partial charge in [-0.3, -0.25) is 9.69 Å². The van der Waals surface area contributed by atoms with Crippen molar-refractivity contribution in [3.63, 3.8) is 0 Å². The third kappa shape index (κ3) is 4.19. The Morgan fingerprint density at radius 1 is 1.00 bits per heavy atom. The van der Waals surface area contributed by atoms with Gasteiger partial charge in [0.05, 0.1) is 12.2 Å². The van der Waals surface area contributed by atoms with Crippen LogP contribution >= 0.6 is 0 Å². The van der Waals surface area contributed by atoms with Crippen LogP contribution in [-0.4, -0.2) is 48.2 Å². The van der Waals surface area contributed by atoms with Gasteiger partial charge in [0.2, 0.25) is 0 Å². The molecular formula is C24H29N3O3. The van der Waals surface area contributed by atoms with E-state index in [1.54, 1.807) is 0 Å². The molecule has 6 heteroatoms. The zero-order valence-electron chi connectivity index (χ0n) is 17.8. The lowest BCUT2D eigenvalue weighted by Crippen LogP contribution is -2.48. The maximum absolute atomic E-state index is 12.8. The van der Waals surface area contributed by atoms with Crippen LogP contribution < -0.4 is 10.2 Å². The standard InChI is InChI=1S/C24H29N3O3/c1-16-12-21-6-4-5-7-22(21)27(16)24(29)25-13-19-8-10-20(11-9-19)23(28)26-14-17(2)30-18(3)15-26/h4-11,16-18H,12-15H2,1-3H3,(H,25,29)/t16-,17-,18+/m0/s1. The Bertz CT molecular complexity index is 918. The number of carbonyl (C=O) groups excluding carboxylic acids is 2. The van der Waals surface area contributed by atoms with E-state index >= 15 is 0 Å². The molecule has 2 aliphatic rings. The number of amides is 3. The van der Waals surface area contributed by atoms with Crippen LogP contribution in [0, 0.1) is 0 Å². The maximum atomic E-state index is 12.8. The quantitative estimate of drug-likeness (QED) is 0.846. The number of fused-ring (bicyclic) bond motifs is 1. The maximum Gasteiger partial charge on any atom is 0.322 e. The summed E-state index contributed by atoms with van der Waals surface area (Å²) in [6.07, 6.45) is 0.967. The van der Waals surface area contributed by atoms with Gasteiger partial charge in [-0.1, -0.05) is 30.3 Å². The summed E-state index contributed by atoms with van der Waals surface area (Å²) in [6, 6.07) is 15.6. The number of ether oxygens (including phenoxy) is 1. The molecule has 0 spiro atoms. The highest BCUT2D eigenvalue weighted by molar-refractivity contribution is 5.95. The summed E-state index contributed by atoms with van der Waals surface area (Å²) in [5.41, 5.74) is 3.81. The lowest BCUT2D eigenvalue weighted by molar-refractivity contribution is -0.0586. The van der Waals surface area contributed by atoms with Crippen molar-refractivity contribution in [2.75, 3.05) is 18.0 Å². The second-order valence-electron chi connectivity index (χ2n) is 8.37. The number of urea groups is 1. The minimum absolute atomic E-state index is 0.0232. The van der Waals surface area contributed by atoms with Crippen molar-refractivity contribution in [3.05, 3.63) is 65.2 Å². The molecule has 0 bridgehead atoms. The van der Waals surface area contributed by atoms with E-state index in [1.807, 2.05) is 66.1 Å². The van der Waals surface area contributed by atoms with Crippen LogP contribution in [0.3, 0.4) is 0 Å². The van der Waals surface area contributed by atoms with E-state index in [2.05, 4.69) is 18.3 Å². The Hall–Kier alpha value is -2.86. The Morgan fingerprint density at radius 2 is 1.67 bits per heavy atom. The summed E-state index contributed by atoms with van der Waals surface area (Å²) >= 11 is 0. The van der Waals surface area contributed by atoms with Crippen LogP contribution in [0.4, 0.5) is 10.5 Å². The van der Waals surface area contributed by atoms with Gasteiger partial charge in [-0.2, -0.15) is 0 Å². The Kier molecular flexibility index (Phi) is 5.77. The van der Waals surface area contributed by atoms with Gasteiger partial charge < -0.3 is 15.0 Å². The summed E-state index contributed by atoms with van der Waals surface area (Å²) in [5, 5.41) is 3.01. The second kappa shape index (κ2) is 8.48. The summed E-state index contributed by atoms with van der Waals surface area (Å²) in [7, 11) is 0. The molecule has 2 heterocycles. The van der Waals surface area contributed by atoms with E-state index < -0.39 is 0 Å². The van der Waals surface area contributed by atoms with Gasteiger partial charge in [0.15, 0.2) is 0 Å². The van der Waals surface area contributed by atoms with Crippen LogP contribution in [0.1, 0.15) is 42.3 Å². The molecule has 1 fully saturated rings. The highest BCUT2D eigenvalue weighted by Crippen LogP contribution is 2.31. The summed E-state index contributed by atoms with van der Waals surface area (Å²) in [6.45, 7) is 7.67. The van der Waals surface area contributed by atoms with Crippen LogP contribution in [0.2, 0.25) is 0 Å². The van der Waals surface area contributed by atoms with Gasteiger partial charge >= 0.3 is 6.03 Å². The first-order valence-corrected chi connectivity index (χ1v) is 10.6. The molecule has 2 aliphatic heterocycles. The van der Waals surface area contributed by atoms with Crippen molar-refractivity contribution in [3.8, 4) is 0 Å². The van der Waals surface area contributed by atoms with Gasteiger partial charge in [0.25, 0.3) is 5.91 Å². The average Bonchev–Trinajstić information content (AvgIpc) is 3.07. The first-order valence-electron chi connectivity index (χ1n) is 10.6. The fourth-order valence-corrected chi connectivity index (χ4v) is 4.43. The number of nitrogens with zero attached hydrogens (tertiary/aromatic N) is 2. The van der Waals surface area contributed by atoms with Crippen molar-refractivity contribution >= 4 is 17.6 Å². The van der Waals surface area contributed by atoms with Crippen molar-refractivity contribution in [2.24, 2.45) is 0 Å². The molecule has 4 rings (SSSR count). The van der Waals surface area contributed by atoms with Crippen molar-refractivity contribution in [2.45, 2.75) is 52.0 Å². The van der Waals surface area contributed by atoms with Crippen LogP contribution in [0.5, 0.6) is 0 Å². The molecule has 158 valence electrons. The van der Waals surface area contributed by atoms with E-state index in [1.165, 1.54) is 5.56 Å². The SMILES string of the molecule is C[C@@H]1CN(C(=O)c2ccc(CNC(=O)N3c4ccccc4C[C@@H]3C)cc2)C[C@H](C)O1. The molecule has 3 atom stereocenters. The van der Waals surface area contributed by atoms with E-state index in [-0.39, 0.29) is 30.2 Å². The summed E-state index contributed by atoms with van der Waals surface area (Å²) < 4.78 is 5.71. The number of morpholine rings is 1. The van der Waals surface area contributed by atoms with Gasteiger partial charge in [0, 0.05) is 36.9 Å². The lowest BCUT2D eigenvalue weighted by Gasteiger charge is -2.35. The monoisotopic (exact) mass is 407 g/mol. The van der Waals surface area contributed by atoms with E-state index in [4.69, 9.17) is 4.74 Å². The van der Waals surface area contributed by atoms with Gasteiger partial charge in [-0.15, -0.1) is 0 Å². The molecule has 2 aromatic rings. The number of hydrogen-bond acceptors (Lipinski definition) is 3. The molecule has 0 radical (unpaired) electrons. The van der Waals surface area contributed by atoms with E-state index in [0.29, 0.717) is 25.2 Å². The molecule has 0 aliphatic carbocycles. The molecule has 0 aromatic heterocycles. The number of hydrogen-bond donors (Lipinski definition) is 1. The van der Waals surface area contributed by atoms with E-state index in [0.717, 1.165) is 17.7 Å². The summed E-state index contributed by atoms with van der Waals surface area (Å²) in [5.74, 6) is 0.0232. The molecule has 3 amide bonds. The number of para-hydroxylation sites is 1. The third-order valence-electron chi connectivity index (χ3n) is 5.78. The van der Waals surface area contributed by atoms with E-state index in [9.17, 15) is 9.59 Å². The minimum Gasteiger partial charge on any atom is -0.372 e. The smallest absolute Gasteiger partial charge is 0.322 e. The number of nitrogens with one attached hydrogen (secondary N) is 1.